The fourth-order valence-electron chi connectivity index (χ4n) is 2.10. The van der Waals surface area contributed by atoms with E-state index in [0.29, 0.717) is 0 Å². The number of unbranched alkanes of at least 4 members (excludes halogenated alkanes) is 2. The Kier molecular flexibility index (Phi) is 6.45. The van der Waals surface area contributed by atoms with Gasteiger partial charge in [-0.2, -0.15) is 4.98 Å². The Morgan fingerprint density at radius 3 is 2.74 bits per heavy atom. The van der Waals surface area contributed by atoms with Crippen molar-refractivity contribution in [2.75, 3.05) is 0 Å². The highest BCUT2D eigenvalue weighted by Gasteiger charge is 2.17. The second-order valence-corrected chi connectivity index (χ2v) is 6.62. The van der Waals surface area contributed by atoms with E-state index in [1.807, 2.05) is 6.07 Å². The number of thiazole rings is 1. The maximum absolute atomic E-state index is 10.4. The summed E-state index contributed by atoms with van der Waals surface area (Å²) in [5, 5.41) is 9.80. The Morgan fingerprint density at radius 1 is 1.26 bits per heavy atom. The monoisotopic (exact) mass is 343 g/mol. The topological polar surface area (TPSA) is 50.2 Å². The standard InChI is InChI=1S/C14H17NO2S.BrH/c1-11-15-12-7-4-5-8-13(12)18(11)10-6-2-3-9-14(16)17;/h4-5,7-8H,2-3,6,9-10H2,1H3;1H. The van der Waals surface area contributed by atoms with Gasteiger partial charge >= 0.3 is 5.97 Å². The number of hydrogen-bond donors (Lipinski definition) is 1. The van der Waals surface area contributed by atoms with Crippen molar-refractivity contribution in [1.29, 1.82) is 0 Å². The van der Waals surface area contributed by atoms with Gasteiger partial charge in [-0.1, -0.05) is 12.1 Å². The molecule has 1 heterocycles. The molecule has 1 N–H and O–H groups in total. The van der Waals surface area contributed by atoms with E-state index < -0.39 is 5.97 Å². The van der Waals surface area contributed by atoms with Crippen molar-refractivity contribution in [3.63, 3.8) is 0 Å². The third kappa shape index (κ3) is 4.28. The van der Waals surface area contributed by atoms with Crippen molar-refractivity contribution in [1.82, 2.24) is 4.98 Å². The molecule has 0 saturated carbocycles. The molecule has 0 radical (unpaired) electrons. The molecule has 104 valence electrons. The zero-order valence-electron chi connectivity index (χ0n) is 10.9. The van der Waals surface area contributed by atoms with Gasteiger partial charge in [-0.3, -0.25) is 4.79 Å². The van der Waals surface area contributed by atoms with Crippen molar-refractivity contribution < 1.29 is 26.9 Å². The number of carboxylic acids is 1. The van der Waals surface area contributed by atoms with Gasteiger partial charge in [-0.15, -0.1) is 0 Å². The minimum Gasteiger partial charge on any atom is -1.00 e. The second-order valence-electron chi connectivity index (χ2n) is 4.40. The number of para-hydroxylation sites is 1. The molecule has 1 aromatic heterocycles. The predicted octanol–water partition coefficient (Wildman–Crippen LogP) is 0.941. The van der Waals surface area contributed by atoms with Crippen LogP contribution < -0.4 is 17.0 Å². The van der Waals surface area contributed by atoms with Gasteiger partial charge in [0.25, 0.3) is 0 Å². The van der Waals surface area contributed by atoms with Crippen molar-refractivity contribution in [3.05, 3.63) is 29.3 Å². The maximum Gasteiger partial charge on any atom is 0.303 e. The summed E-state index contributed by atoms with van der Waals surface area (Å²) in [6.07, 6.45) is 3.14. The molecule has 3 nitrogen and oxygen atoms in total. The van der Waals surface area contributed by atoms with Gasteiger partial charge in [0, 0.05) is 29.9 Å². The first-order valence-corrected chi connectivity index (χ1v) is 7.65. The number of aromatic nitrogens is 1. The molecule has 0 aliphatic rings. The second kappa shape index (κ2) is 7.60. The largest absolute Gasteiger partial charge is 1.00 e. The first-order valence-electron chi connectivity index (χ1n) is 6.25. The minimum atomic E-state index is -0.693. The van der Waals surface area contributed by atoms with E-state index in [2.05, 4.69) is 30.1 Å². The lowest BCUT2D eigenvalue weighted by atomic mass is 10.2. The zero-order chi connectivity index (χ0) is 13.0. The van der Waals surface area contributed by atoms with E-state index in [-0.39, 0.29) is 33.9 Å². The predicted molar refractivity (Wildman–Crippen MR) is 75.1 cm³/mol. The van der Waals surface area contributed by atoms with E-state index in [9.17, 15) is 4.79 Å². The van der Waals surface area contributed by atoms with Gasteiger partial charge in [-0.25, -0.2) is 0 Å². The molecule has 1 aromatic carbocycles. The number of rotatable bonds is 6. The van der Waals surface area contributed by atoms with E-state index >= 15 is 0 Å². The number of fused-ring (bicyclic) bond motifs is 1. The lowest BCUT2D eigenvalue weighted by molar-refractivity contribution is -0.137. The molecule has 0 spiro atoms. The molecule has 0 bridgehead atoms. The maximum atomic E-state index is 10.4. The van der Waals surface area contributed by atoms with Gasteiger partial charge in [0.1, 0.15) is 11.3 Å². The molecule has 1 unspecified atom stereocenters. The summed E-state index contributed by atoms with van der Waals surface area (Å²) in [6.45, 7) is 2.10. The molecular formula is C14H18BrNO2S. The molecule has 0 fully saturated rings. The van der Waals surface area contributed by atoms with Gasteiger partial charge in [-0.05, 0) is 25.3 Å². The molecule has 0 aliphatic carbocycles. The quantitative estimate of drug-likeness (QED) is 0.627. The molecule has 2 rings (SSSR count). The summed E-state index contributed by atoms with van der Waals surface area (Å²) >= 11 is 0. The highest BCUT2D eigenvalue weighted by molar-refractivity contribution is 7.36. The normalized spacial score (nSPS) is 11.3. The van der Waals surface area contributed by atoms with Crippen molar-refractivity contribution >= 4 is 26.7 Å². The van der Waals surface area contributed by atoms with Gasteiger partial charge in [0.15, 0.2) is 0 Å². The highest BCUT2D eigenvalue weighted by Crippen LogP contribution is 2.35. The molecule has 1 atom stereocenters. The Labute approximate surface area is 126 Å². The number of aryl methyl sites for hydroxylation is 2. The first kappa shape index (κ1) is 16.1. The van der Waals surface area contributed by atoms with Crippen molar-refractivity contribution in [2.24, 2.45) is 0 Å². The van der Waals surface area contributed by atoms with Crippen LogP contribution in [0.1, 0.15) is 30.7 Å². The van der Waals surface area contributed by atoms with Gasteiger partial charge < -0.3 is 22.1 Å². The fraction of sp³-hybridized carbons (Fsp3) is 0.429. The Morgan fingerprint density at radius 2 is 2.00 bits per heavy atom. The number of benzene rings is 1. The summed E-state index contributed by atoms with van der Waals surface area (Å²) < 4.78 is 1.35. The Balaban J connectivity index is 0.00000180. The minimum absolute atomic E-state index is 0. The number of halogens is 1. The Bertz CT molecular complexity index is 553. The van der Waals surface area contributed by atoms with Gasteiger partial charge in [0.2, 0.25) is 9.71 Å². The van der Waals surface area contributed by atoms with Crippen LogP contribution in [0.2, 0.25) is 0 Å². The lowest BCUT2D eigenvalue weighted by Gasteiger charge is -1.95. The first-order chi connectivity index (χ1) is 8.68. The van der Waals surface area contributed by atoms with Crippen LogP contribution in [0.4, 0.5) is 0 Å². The molecule has 5 heteroatoms. The molecular weight excluding hydrogens is 326 g/mol. The van der Waals surface area contributed by atoms with Crippen LogP contribution in [0.5, 0.6) is 0 Å². The van der Waals surface area contributed by atoms with Crippen LogP contribution in [0.25, 0.3) is 10.2 Å². The number of carboxylic acid groups (broad SMARTS) is 1. The summed E-state index contributed by atoms with van der Waals surface area (Å²) in [4.78, 5) is 15.0. The molecule has 0 amide bonds. The van der Waals surface area contributed by atoms with E-state index in [1.54, 1.807) is 0 Å². The summed E-state index contributed by atoms with van der Waals surface area (Å²) in [7, 11) is 0.141. The van der Waals surface area contributed by atoms with Crippen LogP contribution in [-0.4, -0.2) is 16.1 Å². The average molecular weight is 344 g/mol. The van der Waals surface area contributed by atoms with Crippen LogP contribution in [-0.2, 0) is 10.5 Å². The van der Waals surface area contributed by atoms with Crippen LogP contribution in [0.15, 0.2) is 24.3 Å². The summed E-state index contributed by atoms with van der Waals surface area (Å²) in [5.74, 6) is 0.410. The van der Waals surface area contributed by atoms with Crippen molar-refractivity contribution in [3.8, 4) is 0 Å². The molecule has 0 saturated heterocycles. The fourth-order valence-corrected chi connectivity index (χ4v) is 4.24. The molecule has 2 aromatic rings. The van der Waals surface area contributed by atoms with Crippen molar-refractivity contribution in [2.45, 2.75) is 38.4 Å². The highest BCUT2D eigenvalue weighted by atomic mass is 79.9. The number of nitrogens with zero attached hydrogens (tertiary/aromatic N) is 1. The molecule has 0 aliphatic heterocycles. The Hall–Kier alpha value is -0.940. The third-order valence-electron chi connectivity index (χ3n) is 3.00. The molecule has 19 heavy (non-hydrogen) atoms. The lowest BCUT2D eigenvalue weighted by Crippen LogP contribution is -3.00. The smallest absolute Gasteiger partial charge is 0.303 e. The van der Waals surface area contributed by atoms with Crippen LogP contribution in [0, 0.1) is 6.92 Å². The summed E-state index contributed by atoms with van der Waals surface area (Å²) in [5.41, 5.74) is 1.11. The van der Waals surface area contributed by atoms with E-state index in [4.69, 9.17) is 5.11 Å². The summed E-state index contributed by atoms with van der Waals surface area (Å²) in [6, 6.07) is 8.32. The number of carbonyl (C=O) groups is 1. The van der Waals surface area contributed by atoms with Crippen LogP contribution in [0.3, 0.4) is 0 Å². The SMILES string of the molecule is Cc1nc2ccccc2[s+]1CCCCCC(=O)O.[Br-]. The van der Waals surface area contributed by atoms with Crippen LogP contribution >= 0.6 is 10.5 Å². The van der Waals surface area contributed by atoms with E-state index in [0.717, 1.165) is 30.5 Å². The van der Waals surface area contributed by atoms with E-state index in [1.165, 1.54) is 9.71 Å². The zero-order valence-corrected chi connectivity index (χ0v) is 13.3. The average Bonchev–Trinajstić information content (AvgIpc) is 2.65. The third-order valence-corrected chi connectivity index (χ3v) is 5.38. The van der Waals surface area contributed by atoms with Gasteiger partial charge in [0.05, 0.1) is 0 Å². The number of hydrogen-bond acceptors (Lipinski definition) is 2. The number of aliphatic carboxylic acids is 1.